The van der Waals surface area contributed by atoms with Crippen LogP contribution in [-0.4, -0.2) is 16.2 Å². The van der Waals surface area contributed by atoms with Gasteiger partial charge in [0.1, 0.15) is 5.75 Å². The van der Waals surface area contributed by atoms with Crippen LogP contribution < -0.4 is 5.73 Å². The van der Waals surface area contributed by atoms with E-state index in [0.29, 0.717) is 14.9 Å². The number of nitrogens with zero attached hydrogens (tertiary/aromatic N) is 1. The molecular formula is C10H6BrClN2O2S. The maximum Gasteiger partial charge on any atom is 0.286 e. The molecule has 0 fully saturated rings. The van der Waals surface area contributed by atoms with Crippen LogP contribution in [0.15, 0.2) is 26.5 Å². The van der Waals surface area contributed by atoms with E-state index in [0.717, 1.165) is 11.8 Å². The van der Waals surface area contributed by atoms with Crippen LogP contribution in [-0.2, 0) is 4.79 Å². The van der Waals surface area contributed by atoms with E-state index in [1.165, 1.54) is 6.08 Å². The number of amidine groups is 1. The van der Waals surface area contributed by atoms with Gasteiger partial charge >= 0.3 is 0 Å². The van der Waals surface area contributed by atoms with Gasteiger partial charge in [0.25, 0.3) is 5.91 Å². The molecule has 1 aliphatic rings. The highest BCUT2D eigenvalue weighted by atomic mass is 79.9. The number of hydrogen-bond acceptors (Lipinski definition) is 4. The smallest absolute Gasteiger partial charge is 0.286 e. The summed E-state index contributed by atoms with van der Waals surface area (Å²) >= 11 is 10.1. The number of phenolic OH excluding ortho intramolecular Hbond substituents is 1. The molecule has 0 bridgehead atoms. The minimum absolute atomic E-state index is 0.0822. The van der Waals surface area contributed by atoms with Crippen molar-refractivity contribution in [2.24, 2.45) is 10.7 Å². The van der Waals surface area contributed by atoms with Crippen molar-refractivity contribution in [1.82, 2.24) is 0 Å². The Morgan fingerprint density at radius 3 is 2.82 bits per heavy atom. The second-order valence-electron chi connectivity index (χ2n) is 3.19. The molecule has 7 heteroatoms. The average molecular weight is 334 g/mol. The number of rotatable bonds is 1. The summed E-state index contributed by atoms with van der Waals surface area (Å²) in [6, 6.07) is 3.21. The normalized spacial score (nSPS) is 17.6. The number of aliphatic imine (C=N–C) groups is 1. The molecule has 2 rings (SSSR count). The summed E-state index contributed by atoms with van der Waals surface area (Å²) in [5.41, 5.74) is 5.86. The molecule has 1 amide bonds. The number of aromatic hydroxyl groups is 1. The summed E-state index contributed by atoms with van der Waals surface area (Å²) in [4.78, 5) is 15.3. The zero-order chi connectivity index (χ0) is 12.6. The Morgan fingerprint density at radius 2 is 2.24 bits per heavy atom. The van der Waals surface area contributed by atoms with Gasteiger partial charge in [0.05, 0.1) is 9.93 Å². The van der Waals surface area contributed by atoms with Gasteiger partial charge in [0.15, 0.2) is 5.17 Å². The van der Waals surface area contributed by atoms with Gasteiger partial charge in [0.2, 0.25) is 0 Å². The Kier molecular flexibility index (Phi) is 3.46. The fraction of sp³-hybridized carbons (Fsp3) is 0. The van der Waals surface area contributed by atoms with Crippen LogP contribution >= 0.6 is 39.3 Å². The van der Waals surface area contributed by atoms with E-state index in [4.69, 9.17) is 17.3 Å². The molecule has 1 heterocycles. The van der Waals surface area contributed by atoms with E-state index >= 15 is 0 Å². The molecular weight excluding hydrogens is 328 g/mol. The number of nitrogens with two attached hydrogens (primary N) is 1. The molecule has 1 aliphatic heterocycles. The van der Waals surface area contributed by atoms with Crippen molar-refractivity contribution in [3.63, 3.8) is 0 Å². The molecule has 4 nitrogen and oxygen atoms in total. The largest absolute Gasteiger partial charge is 0.506 e. The highest BCUT2D eigenvalue weighted by Gasteiger charge is 2.20. The van der Waals surface area contributed by atoms with E-state index in [9.17, 15) is 9.90 Å². The molecule has 0 aromatic heterocycles. The zero-order valence-corrected chi connectivity index (χ0v) is 11.4. The molecule has 0 saturated heterocycles. The summed E-state index contributed by atoms with van der Waals surface area (Å²) in [5.74, 6) is -0.496. The Hall–Kier alpha value is -0.980. The van der Waals surface area contributed by atoms with E-state index in [1.54, 1.807) is 12.1 Å². The SMILES string of the molecule is NC1=NC(=O)C(=Cc2cc(Br)cc(Cl)c2O)S1. The number of amides is 1. The second-order valence-corrected chi connectivity index (χ2v) is 5.58. The molecule has 0 unspecified atom stereocenters. The predicted molar refractivity (Wildman–Crippen MR) is 73.0 cm³/mol. The maximum absolute atomic E-state index is 11.4. The van der Waals surface area contributed by atoms with Gasteiger partial charge in [0, 0.05) is 10.0 Å². The molecule has 0 saturated carbocycles. The molecule has 1 aromatic carbocycles. The highest BCUT2D eigenvalue weighted by molar-refractivity contribution is 9.10. The lowest BCUT2D eigenvalue weighted by molar-refractivity contribution is -0.113. The number of phenols is 1. The molecule has 3 N–H and O–H groups in total. The van der Waals surface area contributed by atoms with Crippen molar-refractivity contribution < 1.29 is 9.90 Å². The Labute approximate surface area is 115 Å². The van der Waals surface area contributed by atoms with Gasteiger partial charge < -0.3 is 10.8 Å². The van der Waals surface area contributed by atoms with Crippen molar-refractivity contribution in [3.05, 3.63) is 32.1 Å². The lowest BCUT2D eigenvalue weighted by atomic mass is 10.2. The minimum Gasteiger partial charge on any atom is -0.506 e. The first-order valence-corrected chi connectivity index (χ1v) is 6.42. The van der Waals surface area contributed by atoms with E-state index in [2.05, 4.69) is 20.9 Å². The first kappa shape index (κ1) is 12.5. The molecule has 0 spiro atoms. The van der Waals surface area contributed by atoms with Crippen LogP contribution in [0.1, 0.15) is 5.56 Å². The summed E-state index contributed by atoms with van der Waals surface area (Å²) in [6.07, 6.45) is 1.50. The lowest BCUT2D eigenvalue weighted by Crippen LogP contribution is -2.01. The average Bonchev–Trinajstić information content (AvgIpc) is 2.53. The third-order valence-electron chi connectivity index (χ3n) is 1.98. The number of thioether (sulfide) groups is 1. The zero-order valence-electron chi connectivity index (χ0n) is 8.28. The van der Waals surface area contributed by atoms with Crippen LogP contribution in [0.3, 0.4) is 0 Å². The number of hydrogen-bond donors (Lipinski definition) is 2. The molecule has 1 aromatic rings. The summed E-state index contributed by atoms with van der Waals surface area (Å²) in [7, 11) is 0. The number of carbonyl (C=O) groups is 1. The standard InChI is InChI=1S/C10H6BrClN2O2S/c11-5-1-4(8(15)6(12)3-5)2-7-9(16)14-10(13)17-7/h1-3,15H,(H2,13,14,16). The van der Waals surface area contributed by atoms with Crippen LogP contribution in [0, 0.1) is 0 Å². The lowest BCUT2D eigenvalue weighted by Gasteiger charge is -2.03. The number of halogens is 2. The monoisotopic (exact) mass is 332 g/mol. The van der Waals surface area contributed by atoms with Crippen molar-refractivity contribution >= 4 is 56.4 Å². The van der Waals surface area contributed by atoms with E-state index in [-0.39, 0.29) is 15.9 Å². The van der Waals surface area contributed by atoms with Gasteiger partial charge in [-0.1, -0.05) is 27.5 Å². The van der Waals surface area contributed by atoms with Crippen LogP contribution in [0.5, 0.6) is 5.75 Å². The van der Waals surface area contributed by atoms with Crippen LogP contribution in [0.25, 0.3) is 6.08 Å². The third-order valence-corrected chi connectivity index (χ3v) is 3.54. The molecule has 0 aliphatic carbocycles. The third kappa shape index (κ3) is 2.65. The van der Waals surface area contributed by atoms with Crippen molar-refractivity contribution in [3.8, 4) is 5.75 Å². The second kappa shape index (κ2) is 4.72. The summed E-state index contributed by atoms with van der Waals surface area (Å²) in [5, 5.41) is 10.1. The quantitative estimate of drug-likeness (QED) is 0.775. The number of benzene rings is 1. The summed E-state index contributed by atoms with van der Waals surface area (Å²) in [6.45, 7) is 0. The maximum atomic E-state index is 11.4. The van der Waals surface area contributed by atoms with E-state index in [1.807, 2.05) is 0 Å². The van der Waals surface area contributed by atoms with Gasteiger partial charge in [-0.3, -0.25) is 4.79 Å². The summed E-state index contributed by atoms with van der Waals surface area (Å²) < 4.78 is 0.705. The fourth-order valence-electron chi connectivity index (χ4n) is 1.26. The molecule has 88 valence electrons. The van der Waals surface area contributed by atoms with Gasteiger partial charge in [-0.05, 0) is 30.0 Å². The van der Waals surface area contributed by atoms with Crippen LogP contribution in [0.2, 0.25) is 5.02 Å². The molecule has 0 radical (unpaired) electrons. The van der Waals surface area contributed by atoms with Crippen molar-refractivity contribution in [2.45, 2.75) is 0 Å². The highest BCUT2D eigenvalue weighted by Crippen LogP contribution is 2.35. The Bertz CT molecular complexity index is 572. The molecule has 17 heavy (non-hydrogen) atoms. The number of carbonyl (C=O) groups excluding carboxylic acids is 1. The van der Waals surface area contributed by atoms with Gasteiger partial charge in [-0.15, -0.1) is 0 Å². The minimum atomic E-state index is -0.414. The van der Waals surface area contributed by atoms with Crippen LogP contribution in [0.4, 0.5) is 0 Å². The van der Waals surface area contributed by atoms with Gasteiger partial charge in [-0.25, -0.2) is 0 Å². The fourth-order valence-corrected chi connectivity index (χ4v) is 2.77. The van der Waals surface area contributed by atoms with Crippen molar-refractivity contribution in [1.29, 1.82) is 0 Å². The predicted octanol–water partition coefficient (Wildman–Crippen LogP) is 2.74. The first-order chi connectivity index (χ1) is 7.97. The van der Waals surface area contributed by atoms with Crippen molar-refractivity contribution in [2.75, 3.05) is 0 Å². The Morgan fingerprint density at radius 1 is 1.53 bits per heavy atom. The van der Waals surface area contributed by atoms with Gasteiger partial charge in [-0.2, -0.15) is 4.99 Å². The molecule has 0 atom stereocenters. The topological polar surface area (TPSA) is 75.7 Å². The Balaban J connectivity index is 2.44. The first-order valence-electron chi connectivity index (χ1n) is 4.43. The van der Waals surface area contributed by atoms with E-state index < -0.39 is 5.91 Å².